The van der Waals surface area contributed by atoms with E-state index in [2.05, 4.69) is 5.32 Å². The predicted molar refractivity (Wildman–Crippen MR) is 102 cm³/mol. The summed E-state index contributed by atoms with van der Waals surface area (Å²) in [5.41, 5.74) is 0. The minimum atomic E-state index is -3.71. The van der Waals surface area contributed by atoms with Crippen LogP contribution in [0, 0.1) is 5.82 Å². The lowest BCUT2D eigenvalue weighted by Crippen LogP contribution is -2.46. The summed E-state index contributed by atoms with van der Waals surface area (Å²) in [5.74, 6) is 0.307. The summed E-state index contributed by atoms with van der Waals surface area (Å²) in [4.78, 5) is 14.2. The quantitative estimate of drug-likeness (QED) is 0.822. The molecule has 3 rings (SSSR count). The van der Waals surface area contributed by atoms with E-state index in [9.17, 15) is 17.6 Å². The minimum Gasteiger partial charge on any atom is -0.469 e. The van der Waals surface area contributed by atoms with E-state index < -0.39 is 15.8 Å². The number of nitrogens with one attached hydrogen (secondary N) is 1. The molecule has 0 bridgehead atoms. The Morgan fingerprint density at radius 3 is 2.61 bits per heavy atom. The molecule has 1 aromatic carbocycles. The third kappa shape index (κ3) is 4.90. The van der Waals surface area contributed by atoms with E-state index >= 15 is 0 Å². The van der Waals surface area contributed by atoms with Crippen LogP contribution in [0.2, 0.25) is 0 Å². The van der Waals surface area contributed by atoms with Crippen molar-refractivity contribution < 1.29 is 22.0 Å². The number of furan rings is 1. The van der Waals surface area contributed by atoms with E-state index in [0.29, 0.717) is 32.5 Å². The number of sulfonamides is 1. The summed E-state index contributed by atoms with van der Waals surface area (Å²) >= 11 is 0. The average Bonchev–Trinajstić information content (AvgIpc) is 3.02. The average molecular weight is 409 g/mol. The van der Waals surface area contributed by atoms with Crippen LogP contribution >= 0.6 is 0 Å². The number of carbonyl (C=O) groups is 1. The highest BCUT2D eigenvalue weighted by molar-refractivity contribution is 7.89. The molecule has 1 N–H and O–H groups in total. The molecule has 0 spiro atoms. The lowest BCUT2D eigenvalue weighted by molar-refractivity contribution is 0.196. The molecule has 1 fully saturated rings. The first kappa shape index (κ1) is 20.3. The fourth-order valence-corrected chi connectivity index (χ4v) is 4.65. The first-order valence-corrected chi connectivity index (χ1v) is 10.6. The van der Waals surface area contributed by atoms with Crippen LogP contribution in [0.25, 0.3) is 0 Å². The molecule has 9 heteroatoms. The molecule has 1 atom stereocenters. The first-order valence-electron chi connectivity index (χ1n) is 9.20. The number of benzene rings is 1. The van der Waals surface area contributed by atoms with Gasteiger partial charge in [0.15, 0.2) is 0 Å². The van der Waals surface area contributed by atoms with Gasteiger partial charge >= 0.3 is 6.03 Å². The van der Waals surface area contributed by atoms with Gasteiger partial charge in [-0.1, -0.05) is 0 Å². The summed E-state index contributed by atoms with van der Waals surface area (Å²) in [6.45, 7) is 3.16. The zero-order valence-corrected chi connectivity index (χ0v) is 16.5. The van der Waals surface area contributed by atoms with Gasteiger partial charge < -0.3 is 14.6 Å². The highest BCUT2D eigenvalue weighted by Crippen LogP contribution is 2.18. The normalized spacial score (nSPS) is 17.1. The van der Waals surface area contributed by atoms with E-state index in [4.69, 9.17) is 4.42 Å². The van der Waals surface area contributed by atoms with Crippen molar-refractivity contribution in [1.29, 1.82) is 0 Å². The van der Waals surface area contributed by atoms with Crippen molar-refractivity contribution in [2.75, 3.05) is 26.2 Å². The maximum Gasteiger partial charge on any atom is 0.317 e. The van der Waals surface area contributed by atoms with Crippen LogP contribution < -0.4 is 5.32 Å². The molecule has 28 heavy (non-hydrogen) atoms. The zero-order valence-electron chi connectivity index (χ0n) is 15.7. The Bertz CT molecular complexity index is 884. The lowest BCUT2D eigenvalue weighted by atomic mass is 10.2. The standard InChI is InChI=1S/C19H24FN3O4S/c1-15(14-17-4-2-13-27-17)21-19(24)22-9-3-10-23(12-11-22)28(25,26)18-7-5-16(20)6-8-18/h2,4-8,13,15H,3,9-12,14H2,1H3,(H,21,24). The molecule has 1 aromatic heterocycles. The molecule has 1 saturated heterocycles. The summed E-state index contributed by atoms with van der Waals surface area (Å²) in [5, 5.41) is 2.92. The number of urea groups is 1. The second-order valence-corrected chi connectivity index (χ2v) is 8.77. The van der Waals surface area contributed by atoms with Crippen LogP contribution in [0.1, 0.15) is 19.1 Å². The van der Waals surface area contributed by atoms with Crippen LogP contribution in [0.4, 0.5) is 9.18 Å². The van der Waals surface area contributed by atoms with Crippen molar-refractivity contribution in [1.82, 2.24) is 14.5 Å². The summed E-state index contributed by atoms with van der Waals surface area (Å²) in [6.07, 6.45) is 2.70. The minimum absolute atomic E-state index is 0.0545. The van der Waals surface area contributed by atoms with Crippen LogP contribution in [-0.2, 0) is 16.4 Å². The van der Waals surface area contributed by atoms with Crippen LogP contribution in [0.3, 0.4) is 0 Å². The van der Waals surface area contributed by atoms with E-state index in [0.717, 1.165) is 17.9 Å². The van der Waals surface area contributed by atoms with Gasteiger partial charge in [-0.3, -0.25) is 0 Å². The second kappa shape index (κ2) is 8.74. The van der Waals surface area contributed by atoms with Gasteiger partial charge in [0.2, 0.25) is 10.0 Å². The fraction of sp³-hybridized carbons (Fsp3) is 0.421. The number of rotatable bonds is 5. The number of hydrogen-bond acceptors (Lipinski definition) is 4. The Morgan fingerprint density at radius 1 is 1.18 bits per heavy atom. The second-order valence-electron chi connectivity index (χ2n) is 6.83. The number of carbonyl (C=O) groups excluding carboxylic acids is 1. The molecule has 1 aliphatic rings. The maximum atomic E-state index is 13.1. The zero-order chi connectivity index (χ0) is 20.1. The Balaban J connectivity index is 1.58. The molecule has 0 aliphatic carbocycles. The van der Waals surface area contributed by atoms with Gasteiger partial charge in [0, 0.05) is 38.6 Å². The van der Waals surface area contributed by atoms with E-state index in [1.54, 1.807) is 17.2 Å². The van der Waals surface area contributed by atoms with Crippen molar-refractivity contribution in [3.63, 3.8) is 0 Å². The number of halogens is 1. The van der Waals surface area contributed by atoms with E-state index in [1.165, 1.54) is 16.4 Å². The van der Waals surface area contributed by atoms with Crippen molar-refractivity contribution in [2.24, 2.45) is 0 Å². The Kier molecular flexibility index (Phi) is 6.35. The molecule has 1 aliphatic heterocycles. The molecule has 2 amide bonds. The van der Waals surface area contributed by atoms with Gasteiger partial charge in [0.05, 0.1) is 11.2 Å². The third-order valence-electron chi connectivity index (χ3n) is 4.65. The molecule has 0 saturated carbocycles. The molecule has 1 unspecified atom stereocenters. The van der Waals surface area contributed by atoms with Gasteiger partial charge in [-0.15, -0.1) is 0 Å². The molecule has 152 valence electrons. The summed E-state index contributed by atoms with van der Waals surface area (Å²) in [6, 6.07) is 8.10. The maximum absolute atomic E-state index is 13.1. The highest BCUT2D eigenvalue weighted by Gasteiger charge is 2.28. The largest absolute Gasteiger partial charge is 0.469 e. The van der Waals surface area contributed by atoms with Gasteiger partial charge in [-0.25, -0.2) is 17.6 Å². The molecule has 2 heterocycles. The molecule has 2 aromatic rings. The predicted octanol–water partition coefficient (Wildman–Crippen LogP) is 2.46. The first-order chi connectivity index (χ1) is 13.4. The summed E-state index contributed by atoms with van der Waals surface area (Å²) in [7, 11) is -3.71. The van der Waals surface area contributed by atoms with Gasteiger partial charge in [-0.2, -0.15) is 4.31 Å². The van der Waals surface area contributed by atoms with Crippen LogP contribution in [0.5, 0.6) is 0 Å². The Labute approximate surface area is 164 Å². The van der Waals surface area contributed by atoms with Crippen LogP contribution in [0.15, 0.2) is 52.0 Å². The lowest BCUT2D eigenvalue weighted by Gasteiger charge is -2.24. The van der Waals surface area contributed by atoms with Crippen molar-refractivity contribution in [2.45, 2.75) is 30.7 Å². The topological polar surface area (TPSA) is 82.9 Å². The van der Waals surface area contributed by atoms with Gasteiger partial charge in [-0.05, 0) is 49.7 Å². The van der Waals surface area contributed by atoms with Crippen molar-refractivity contribution in [3.05, 3.63) is 54.2 Å². The SMILES string of the molecule is CC(Cc1ccco1)NC(=O)N1CCCN(S(=O)(=O)c2ccc(F)cc2)CC1. The summed E-state index contributed by atoms with van der Waals surface area (Å²) < 4.78 is 45.2. The molecular formula is C19H24FN3O4S. The van der Waals surface area contributed by atoms with Gasteiger partial charge in [0.1, 0.15) is 11.6 Å². The Hall–Kier alpha value is -2.39. The van der Waals surface area contributed by atoms with Gasteiger partial charge in [0.25, 0.3) is 0 Å². The highest BCUT2D eigenvalue weighted by atomic mass is 32.2. The van der Waals surface area contributed by atoms with E-state index in [-0.39, 0.29) is 23.5 Å². The Morgan fingerprint density at radius 2 is 1.93 bits per heavy atom. The number of nitrogens with zero attached hydrogens (tertiary/aromatic N) is 2. The molecule has 0 radical (unpaired) electrons. The smallest absolute Gasteiger partial charge is 0.317 e. The van der Waals surface area contributed by atoms with E-state index in [1.807, 2.05) is 13.0 Å². The van der Waals surface area contributed by atoms with Crippen LogP contribution in [-0.4, -0.2) is 55.9 Å². The fourth-order valence-electron chi connectivity index (χ4n) is 3.18. The monoisotopic (exact) mass is 409 g/mol. The number of amides is 2. The van der Waals surface area contributed by atoms with Crippen molar-refractivity contribution in [3.8, 4) is 0 Å². The molecular weight excluding hydrogens is 385 g/mol. The number of hydrogen-bond donors (Lipinski definition) is 1. The molecule has 7 nitrogen and oxygen atoms in total. The van der Waals surface area contributed by atoms with Crippen molar-refractivity contribution >= 4 is 16.1 Å². The third-order valence-corrected chi connectivity index (χ3v) is 6.56.